The van der Waals surface area contributed by atoms with Gasteiger partial charge in [-0.25, -0.2) is 19.0 Å². The number of hydrogen-bond acceptors (Lipinski definition) is 8. The highest BCUT2D eigenvalue weighted by Gasteiger charge is 2.40. The van der Waals surface area contributed by atoms with Crippen LogP contribution < -0.4 is 15.1 Å². The van der Waals surface area contributed by atoms with Crippen molar-refractivity contribution in [2.24, 2.45) is 11.8 Å². The Labute approximate surface area is 282 Å². The van der Waals surface area contributed by atoms with Crippen molar-refractivity contribution in [1.29, 1.82) is 0 Å². The number of carbonyl (C=O) groups is 3. The quantitative estimate of drug-likeness (QED) is 0.285. The molecule has 258 valence electrons. The fourth-order valence-electron chi connectivity index (χ4n) is 6.43. The largest absolute Gasteiger partial charge is 0.444 e. The number of likely N-dealkylation sites (tertiary alicyclic amines) is 1. The second kappa shape index (κ2) is 13.2. The zero-order chi connectivity index (χ0) is 35.1. The number of piperidine rings is 1. The number of ether oxygens (including phenoxy) is 2. The molecule has 1 aromatic heterocycles. The number of hydrogen-bond donors (Lipinski definition) is 1. The Balaban J connectivity index is 1.42. The van der Waals surface area contributed by atoms with E-state index in [1.807, 2.05) is 43.9 Å². The average molecular weight is 662 g/mol. The molecule has 3 atom stereocenters. The average Bonchev–Trinajstić information content (AvgIpc) is 3.41. The van der Waals surface area contributed by atoms with E-state index in [2.05, 4.69) is 10.2 Å². The lowest BCUT2D eigenvalue weighted by atomic mass is 9.89. The minimum atomic E-state index is -0.777. The number of carbonyl (C=O) groups excluding carboxylic acids is 3. The molecule has 2 aromatic carbocycles. The third-order valence-corrected chi connectivity index (χ3v) is 8.72. The van der Waals surface area contributed by atoms with Gasteiger partial charge in [-0.2, -0.15) is 0 Å². The van der Waals surface area contributed by atoms with Gasteiger partial charge in [0, 0.05) is 62.5 Å². The van der Waals surface area contributed by atoms with Gasteiger partial charge in [0.15, 0.2) is 5.78 Å². The fourth-order valence-corrected chi connectivity index (χ4v) is 6.43. The maximum absolute atomic E-state index is 15.4. The predicted molar refractivity (Wildman–Crippen MR) is 186 cm³/mol. The van der Waals surface area contributed by atoms with Gasteiger partial charge < -0.3 is 29.5 Å². The van der Waals surface area contributed by atoms with Crippen molar-refractivity contribution in [2.75, 3.05) is 50.1 Å². The SMILES string of the molecule is CC(NC(=O)OC(C)(C)C)C(=O)c1ccc(-c2cc(N3CC4CCN(C(=O)OC(C)(C)C)CC4C3)c3cc(F)c(N(C)C)cc3n2)cc1. The first-order valence-corrected chi connectivity index (χ1v) is 16.6. The van der Waals surface area contributed by atoms with Crippen LogP contribution in [-0.4, -0.2) is 85.4 Å². The van der Waals surface area contributed by atoms with Gasteiger partial charge in [0.25, 0.3) is 0 Å². The fraction of sp³-hybridized carbons (Fsp3) is 0.514. The van der Waals surface area contributed by atoms with Crippen molar-refractivity contribution in [3.8, 4) is 11.3 Å². The summed E-state index contributed by atoms with van der Waals surface area (Å²) in [4.78, 5) is 49.0. The summed E-state index contributed by atoms with van der Waals surface area (Å²) in [5, 5.41) is 3.33. The van der Waals surface area contributed by atoms with Gasteiger partial charge in [-0.3, -0.25) is 4.79 Å². The summed E-state index contributed by atoms with van der Waals surface area (Å²) in [5.74, 6) is 0.0759. The first kappa shape index (κ1) is 34.9. The lowest BCUT2D eigenvalue weighted by Gasteiger charge is -2.35. The zero-order valence-corrected chi connectivity index (χ0v) is 29.5. The molecule has 3 unspecified atom stereocenters. The van der Waals surface area contributed by atoms with Gasteiger partial charge >= 0.3 is 12.2 Å². The van der Waals surface area contributed by atoms with Crippen LogP contribution in [-0.2, 0) is 9.47 Å². The molecule has 0 radical (unpaired) electrons. The molecule has 2 aliphatic rings. The molecule has 3 heterocycles. The molecule has 5 rings (SSSR count). The molecule has 10 nitrogen and oxygen atoms in total. The van der Waals surface area contributed by atoms with Gasteiger partial charge in [0.05, 0.1) is 22.9 Å². The number of Topliss-reactive ketones (excluding diaryl/α,β-unsaturated/α-hetero) is 1. The summed E-state index contributed by atoms with van der Waals surface area (Å²) in [6.45, 7) is 15.3. The molecule has 3 aromatic rings. The van der Waals surface area contributed by atoms with E-state index in [1.165, 1.54) is 0 Å². The van der Waals surface area contributed by atoms with Crippen LogP contribution in [0.1, 0.15) is 65.2 Å². The first-order valence-electron chi connectivity index (χ1n) is 16.6. The third-order valence-electron chi connectivity index (χ3n) is 8.72. The number of halogens is 1. The number of anilines is 2. The number of benzene rings is 2. The van der Waals surface area contributed by atoms with Crippen molar-refractivity contribution in [3.05, 3.63) is 53.8 Å². The summed E-state index contributed by atoms with van der Waals surface area (Å²) in [6, 6.07) is 11.7. The Morgan fingerprint density at radius 3 is 2.21 bits per heavy atom. The number of nitrogens with one attached hydrogen (secondary N) is 1. The van der Waals surface area contributed by atoms with Gasteiger partial charge in [0.2, 0.25) is 0 Å². The summed E-state index contributed by atoms with van der Waals surface area (Å²) in [5.41, 5.74) is 2.68. The van der Waals surface area contributed by atoms with E-state index in [0.717, 1.165) is 36.1 Å². The molecule has 2 aliphatic heterocycles. The number of pyridine rings is 1. The number of nitrogens with zero attached hydrogens (tertiary/aromatic N) is 4. The van der Waals surface area contributed by atoms with Crippen molar-refractivity contribution in [1.82, 2.24) is 15.2 Å². The summed E-state index contributed by atoms with van der Waals surface area (Å²) < 4.78 is 26.3. The van der Waals surface area contributed by atoms with E-state index in [4.69, 9.17) is 14.5 Å². The minimum Gasteiger partial charge on any atom is -0.444 e. The standard InChI is InChI=1S/C37H48FN5O5/c1-22(39-34(45)47-36(2,3)4)33(44)24-12-10-23(11-13-24)29-17-31(27-16-28(38)32(41(8)9)18-30(27)40-29)43-19-25-14-15-42(20-26(25)21-43)35(46)48-37(5,6)7/h10-13,16-18,22,25-26H,14-15,19-21H2,1-9H3,(H,39,45). The lowest BCUT2D eigenvalue weighted by molar-refractivity contribution is 0.0139. The van der Waals surface area contributed by atoms with Gasteiger partial charge in [-0.05, 0) is 84.9 Å². The molecule has 48 heavy (non-hydrogen) atoms. The second-order valence-electron chi connectivity index (χ2n) is 15.2. The number of alkyl carbamates (subject to hydrolysis) is 1. The van der Waals surface area contributed by atoms with Crippen LogP contribution in [0.3, 0.4) is 0 Å². The monoisotopic (exact) mass is 661 g/mol. The number of amides is 2. The molecule has 1 N–H and O–H groups in total. The first-order chi connectivity index (χ1) is 22.4. The molecule has 0 aliphatic carbocycles. The number of ketones is 1. The number of fused-ring (bicyclic) bond motifs is 2. The van der Waals surface area contributed by atoms with E-state index in [9.17, 15) is 14.4 Å². The zero-order valence-electron chi connectivity index (χ0n) is 29.5. The molecule has 0 spiro atoms. The molecular formula is C37H48FN5O5. The van der Waals surface area contributed by atoms with E-state index in [0.29, 0.717) is 41.5 Å². The summed E-state index contributed by atoms with van der Waals surface area (Å²) in [7, 11) is 3.59. The maximum Gasteiger partial charge on any atom is 0.410 e. The molecule has 0 saturated carbocycles. The van der Waals surface area contributed by atoms with Crippen molar-refractivity contribution in [3.63, 3.8) is 0 Å². The van der Waals surface area contributed by atoms with Gasteiger partial charge in [0.1, 0.15) is 17.0 Å². The molecule has 2 amide bonds. The van der Waals surface area contributed by atoms with Gasteiger partial charge in [-0.15, -0.1) is 0 Å². The van der Waals surface area contributed by atoms with Crippen LogP contribution in [0.2, 0.25) is 0 Å². The van der Waals surface area contributed by atoms with E-state index < -0.39 is 23.3 Å². The normalized spacial score (nSPS) is 18.7. The van der Waals surface area contributed by atoms with Crippen molar-refractivity contribution < 1.29 is 28.2 Å². The van der Waals surface area contributed by atoms with E-state index in [1.54, 1.807) is 71.0 Å². The Hall–Kier alpha value is -4.41. The van der Waals surface area contributed by atoms with Crippen LogP contribution in [0.4, 0.5) is 25.4 Å². The molecule has 11 heteroatoms. The number of aromatic nitrogens is 1. The van der Waals surface area contributed by atoms with Crippen molar-refractivity contribution >= 4 is 40.2 Å². The minimum absolute atomic E-state index is 0.245. The maximum atomic E-state index is 15.4. The van der Waals surface area contributed by atoms with Crippen LogP contribution in [0, 0.1) is 17.7 Å². The van der Waals surface area contributed by atoms with Crippen LogP contribution in [0.5, 0.6) is 0 Å². The third kappa shape index (κ3) is 7.99. The highest BCUT2D eigenvalue weighted by Crippen LogP contribution is 2.40. The Bertz CT molecular complexity index is 1700. The Morgan fingerprint density at radius 2 is 1.58 bits per heavy atom. The van der Waals surface area contributed by atoms with Crippen LogP contribution >= 0.6 is 0 Å². The van der Waals surface area contributed by atoms with Crippen molar-refractivity contribution in [2.45, 2.75) is 72.1 Å². The summed E-state index contributed by atoms with van der Waals surface area (Å²) >= 11 is 0. The highest BCUT2D eigenvalue weighted by molar-refractivity contribution is 6.02. The molecular weight excluding hydrogens is 613 g/mol. The van der Waals surface area contributed by atoms with Crippen LogP contribution in [0.25, 0.3) is 22.2 Å². The highest BCUT2D eigenvalue weighted by atomic mass is 19.1. The molecule has 0 bridgehead atoms. The molecule has 2 fully saturated rings. The summed E-state index contributed by atoms with van der Waals surface area (Å²) in [6.07, 6.45) is -0.0708. The topological polar surface area (TPSA) is 104 Å². The Morgan fingerprint density at radius 1 is 0.938 bits per heavy atom. The van der Waals surface area contributed by atoms with E-state index >= 15 is 4.39 Å². The van der Waals surface area contributed by atoms with Gasteiger partial charge in [-0.1, -0.05) is 24.3 Å². The van der Waals surface area contributed by atoms with E-state index in [-0.39, 0.29) is 23.6 Å². The lowest BCUT2D eigenvalue weighted by Crippen LogP contribution is -2.45. The number of rotatable bonds is 6. The smallest absolute Gasteiger partial charge is 0.410 e. The second-order valence-corrected chi connectivity index (χ2v) is 15.2. The van der Waals surface area contributed by atoms with Crippen LogP contribution in [0.15, 0.2) is 42.5 Å². The molecule has 2 saturated heterocycles. The Kier molecular flexibility index (Phi) is 9.63. The predicted octanol–water partition coefficient (Wildman–Crippen LogP) is 6.90.